The van der Waals surface area contributed by atoms with Crippen molar-refractivity contribution in [3.63, 3.8) is 0 Å². The lowest BCUT2D eigenvalue weighted by Crippen LogP contribution is -2.33. The highest BCUT2D eigenvalue weighted by molar-refractivity contribution is 5.95. The van der Waals surface area contributed by atoms with Crippen molar-refractivity contribution >= 4 is 17.5 Å². The van der Waals surface area contributed by atoms with Gasteiger partial charge in [0.15, 0.2) is 0 Å². The molecule has 0 heterocycles. The van der Waals surface area contributed by atoms with Crippen LogP contribution >= 0.6 is 0 Å². The highest BCUT2D eigenvalue weighted by atomic mass is 19.1. The van der Waals surface area contributed by atoms with Gasteiger partial charge in [-0.25, -0.2) is 4.39 Å². The SMILES string of the molecule is CC(=O)NCCNC(=O)c1cc(N)c(C)c(F)c1. The summed E-state index contributed by atoms with van der Waals surface area (Å²) < 4.78 is 13.4. The summed E-state index contributed by atoms with van der Waals surface area (Å²) in [6.45, 7) is 3.53. The van der Waals surface area contributed by atoms with Gasteiger partial charge in [0.05, 0.1) is 0 Å². The minimum Gasteiger partial charge on any atom is -0.398 e. The van der Waals surface area contributed by atoms with Crippen molar-refractivity contribution in [2.75, 3.05) is 18.8 Å². The van der Waals surface area contributed by atoms with Crippen molar-refractivity contribution < 1.29 is 14.0 Å². The lowest BCUT2D eigenvalue weighted by atomic mass is 10.1. The van der Waals surface area contributed by atoms with Crippen molar-refractivity contribution in [3.05, 3.63) is 29.1 Å². The van der Waals surface area contributed by atoms with E-state index in [9.17, 15) is 14.0 Å². The van der Waals surface area contributed by atoms with E-state index in [1.165, 1.54) is 13.0 Å². The number of hydrogen-bond donors (Lipinski definition) is 3. The number of anilines is 1. The Bertz CT molecular complexity index is 451. The third kappa shape index (κ3) is 3.73. The topological polar surface area (TPSA) is 84.2 Å². The predicted molar refractivity (Wildman–Crippen MR) is 66.6 cm³/mol. The van der Waals surface area contributed by atoms with E-state index in [4.69, 9.17) is 5.73 Å². The van der Waals surface area contributed by atoms with Gasteiger partial charge >= 0.3 is 0 Å². The summed E-state index contributed by atoms with van der Waals surface area (Å²) in [5.41, 5.74) is 6.30. The summed E-state index contributed by atoms with van der Waals surface area (Å²) in [7, 11) is 0. The van der Waals surface area contributed by atoms with Crippen LogP contribution in [-0.2, 0) is 4.79 Å². The highest BCUT2D eigenvalue weighted by Crippen LogP contribution is 2.17. The summed E-state index contributed by atoms with van der Waals surface area (Å²) in [6.07, 6.45) is 0. The molecule has 98 valence electrons. The molecule has 1 aromatic carbocycles. The molecule has 0 fully saturated rings. The van der Waals surface area contributed by atoms with E-state index in [-0.39, 0.29) is 23.7 Å². The third-order valence-corrected chi connectivity index (χ3v) is 2.43. The second kappa shape index (κ2) is 6.00. The zero-order valence-electron chi connectivity index (χ0n) is 10.3. The number of hydrogen-bond acceptors (Lipinski definition) is 3. The Balaban J connectivity index is 2.59. The molecule has 0 aromatic heterocycles. The molecular weight excluding hydrogens is 237 g/mol. The van der Waals surface area contributed by atoms with Crippen LogP contribution in [0, 0.1) is 12.7 Å². The number of rotatable bonds is 4. The molecule has 6 heteroatoms. The van der Waals surface area contributed by atoms with E-state index in [0.29, 0.717) is 12.1 Å². The van der Waals surface area contributed by atoms with Gasteiger partial charge in [-0.15, -0.1) is 0 Å². The first-order chi connectivity index (χ1) is 8.41. The first kappa shape index (κ1) is 14.0. The first-order valence-electron chi connectivity index (χ1n) is 5.50. The van der Waals surface area contributed by atoms with Crippen LogP contribution in [0.4, 0.5) is 10.1 Å². The van der Waals surface area contributed by atoms with Crippen LogP contribution in [0.5, 0.6) is 0 Å². The number of amides is 2. The number of nitrogens with one attached hydrogen (secondary N) is 2. The maximum absolute atomic E-state index is 13.4. The molecule has 18 heavy (non-hydrogen) atoms. The molecular formula is C12H16FN3O2. The molecule has 0 aliphatic carbocycles. The normalized spacial score (nSPS) is 9.94. The molecule has 0 saturated heterocycles. The Morgan fingerprint density at radius 2 is 1.89 bits per heavy atom. The fourth-order valence-electron chi connectivity index (χ4n) is 1.35. The molecule has 0 spiro atoms. The summed E-state index contributed by atoms with van der Waals surface area (Å²) in [6, 6.07) is 2.56. The Hall–Kier alpha value is -2.11. The number of nitrogen functional groups attached to an aromatic ring is 1. The maximum atomic E-state index is 13.4. The van der Waals surface area contributed by atoms with E-state index in [2.05, 4.69) is 10.6 Å². The van der Waals surface area contributed by atoms with Crippen LogP contribution in [0.1, 0.15) is 22.8 Å². The Morgan fingerprint density at radius 3 is 2.44 bits per heavy atom. The van der Waals surface area contributed by atoms with E-state index in [1.807, 2.05) is 0 Å². The third-order valence-electron chi connectivity index (χ3n) is 2.43. The lowest BCUT2D eigenvalue weighted by Gasteiger charge is -2.08. The summed E-state index contributed by atoms with van der Waals surface area (Å²) in [4.78, 5) is 22.3. The van der Waals surface area contributed by atoms with E-state index < -0.39 is 11.7 Å². The van der Waals surface area contributed by atoms with Gasteiger partial charge in [0.25, 0.3) is 5.91 Å². The van der Waals surface area contributed by atoms with Crippen molar-refractivity contribution in [1.82, 2.24) is 10.6 Å². The molecule has 0 radical (unpaired) electrons. The minimum absolute atomic E-state index is 0.165. The van der Waals surface area contributed by atoms with E-state index in [1.54, 1.807) is 6.92 Å². The summed E-state index contributed by atoms with van der Waals surface area (Å²) in [5.74, 6) is -1.11. The molecule has 0 aliphatic rings. The lowest BCUT2D eigenvalue weighted by molar-refractivity contribution is -0.118. The van der Waals surface area contributed by atoms with Crippen molar-refractivity contribution in [3.8, 4) is 0 Å². The summed E-state index contributed by atoms with van der Waals surface area (Å²) in [5, 5.41) is 5.08. The number of carbonyl (C=O) groups is 2. The van der Waals surface area contributed by atoms with Gasteiger partial charge in [-0.05, 0) is 19.1 Å². The first-order valence-corrected chi connectivity index (χ1v) is 5.50. The van der Waals surface area contributed by atoms with Crippen LogP contribution in [0.15, 0.2) is 12.1 Å². The zero-order chi connectivity index (χ0) is 13.7. The predicted octanol–water partition coefficient (Wildman–Crippen LogP) is 0.582. The minimum atomic E-state index is -0.512. The molecule has 4 N–H and O–H groups in total. The average molecular weight is 253 g/mol. The molecule has 0 aliphatic heterocycles. The quantitative estimate of drug-likeness (QED) is 0.542. The van der Waals surface area contributed by atoms with Gasteiger partial charge < -0.3 is 16.4 Å². The van der Waals surface area contributed by atoms with Crippen molar-refractivity contribution in [2.24, 2.45) is 0 Å². The van der Waals surface area contributed by atoms with Gasteiger partial charge in [-0.1, -0.05) is 0 Å². The van der Waals surface area contributed by atoms with Crippen molar-refractivity contribution in [2.45, 2.75) is 13.8 Å². The molecule has 1 aromatic rings. The Labute approximate surface area is 105 Å². The standard InChI is InChI=1S/C12H16FN3O2/c1-7-10(13)5-9(6-11(7)14)12(18)16-4-3-15-8(2)17/h5-6H,3-4,14H2,1-2H3,(H,15,17)(H,16,18). The van der Waals surface area contributed by atoms with Crippen LogP contribution in [0.3, 0.4) is 0 Å². The number of carbonyl (C=O) groups excluding carboxylic acids is 2. The van der Waals surface area contributed by atoms with E-state index in [0.717, 1.165) is 6.07 Å². The second-order valence-electron chi connectivity index (χ2n) is 3.91. The average Bonchev–Trinajstić information content (AvgIpc) is 2.30. The Morgan fingerprint density at radius 1 is 1.28 bits per heavy atom. The zero-order valence-corrected chi connectivity index (χ0v) is 10.3. The fourth-order valence-corrected chi connectivity index (χ4v) is 1.35. The van der Waals surface area contributed by atoms with Crippen LogP contribution < -0.4 is 16.4 Å². The van der Waals surface area contributed by atoms with Gasteiger partial charge in [0, 0.05) is 36.8 Å². The largest absolute Gasteiger partial charge is 0.398 e. The molecule has 0 unspecified atom stereocenters. The van der Waals surface area contributed by atoms with Gasteiger partial charge in [-0.2, -0.15) is 0 Å². The van der Waals surface area contributed by atoms with Gasteiger partial charge in [-0.3, -0.25) is 9.59 Å². The second-order valence-corrected chi connectivity index (χ2v) is 3.91. The Kier molecular flexibility index (Phi) is 4.65. The fraction of sp³-hybridized carbons (Fsp3) is 0.333. The van der Waals surface area contributed by atoms with Crippen LogP contribution in [0.2, 0.25) is 0 Å². The molecule has 2 amide bonds. The van der Waals surface area contributed by atoms with Crippen LogP contribution in [0.25, 0.3) is 0 Å². The molecule has 5 nitrogen and oxygen atoms in total. The van der Waals surface area contributed by atoms with E-state index >= 15 is 0 Å². The van der Waals surface area contributed by atoms with Crippen LogP contribution in [-0.4, -0.2) is 24.9 Å². The maximum Gasteiger partial charge on any atom is 0.251 e. The number of nitrogens with two attached hydrogens (primary N) is 1. The van der Waals surface area contributed by atoms with Gasteiger partial charge in [0.2, 0.25) is 5.91 Å². The number of halogens is 1. The highest BCUT2D eigenvalue weighted by Gasteiger charge is 2.10. The van der Waals surface area contributed by atoms with Gasteiger partial charge in [0.1, 0.15) is 5.82 Å². The molecule has 0 bridgehead atoms. The smallest absolute Gasteiger partial charge is 0.251 e. The summed E-state index contributed by atoms with van der Waals surface area (Å²) >= 11 is 0. The molecule has 0 atom stereocenters. The number of benzene rings is 1. The molecule has 0 saturated carbocycles. The monoisotopic (exact) mass is 253 g/mol. The van der Waals surface area contributed by atoms with Crippen molar-refractivity contribution in [1.29, 1.82) is 0 Å². The molecule has 1 rings (SSSR count).